The number of hydrogen-bond acceptors (Lipinski definition) is 2. The van der Waals surface area contributed by atoms with Gasteiger partial charge in [0.25, 0.3) is 11.8 Å². The van der Waals surface area contributed by atoms with Gasteiger partial charge in [-0.05, 0) is 23.1 Å². The molecule has 0 aromatic heterocycles. The molecule has 0 bridgehead atoms. The average Bonchev–Trinajstić information content (AvgIpc) is 2.42. The Labute approximate surface area is 135 Å². The van der Waals surface area contributed by atoms with E-state index in [-0.39, 0.29) is 17.9 Å². The highest BCUT2D eigenvalue weighted by atomic mass is 35.5. The van der Waals surface area contributed by atoms with Gasteiger partial charge in [0.15, 0.2) is 4.84 Å². The van der Waals surface area contributed by atoms with Gasteiger partial charge in [-0.2, -0.15) is 0 Å². The van der Waals surface area contributed by atoms with Crippen molar-refractivity contribution in [3.8, 4) is 0 Å². The Bertz CT molecular complexity index is 493. The minimum atomic E-state index is -1.09. The molecule has 6 heteroatoms. The van der Waals surface area contributed by atoms with Crippen LogP contribution in [0.25, 0.3) is 0 Å². The van der Waals surface area contributed by atoms with Crippen molar-refractivity contribution >= 4 is 35.0 Å². The maximum atomic E-state index is 11.9. The summed E-state index contributed by atoms with van der Waals surface area (Å²) in [7, 11) is 0. The summed E-state index contributed by atoms with van der Waals surface area (Å²) in [5.74, 6) is -0.653. The van der Waals surface area contributed by atoms with E-state index < -0.39 is 10.7 Å². The quantitative estimate of drug-likeness (QED) is 0.644. The van der Waals surface area contributed by atoms with Crippen molar-refractivity contribution < 1.29 is 9.59 Å². The van der Waals surface area contributed by atoms with Crippen LogP contribution in [0.5, 0.6) is 0 Å². The van der Waals surface area contributed by atoms with Gasteiger partial charge in [-0.25, -0.2) is 0 Å². The number of hydrogen-bond donors (Lipinski definition) is 2. The molecule has 0 heterocycles. The summed E-state index contributed by atoms with van der Waals surface area (Å²) >= 11 is 10.8. The van der Waals surface area contributed by atoms with Crippen LogP contribution in [0, 0.1) is 0 Å². The number of halogens is 2. The van der Waals surface area contributed by atoms with Crippen molar-refractivity contribution in [2.45, 2.75) is 31.0 Å². The molecule has 0 aliphatic carbocycles. The highest BCUT2D eigenvalue weighted by molar-refractivity contribution is 6.53. The van der Waals surface area contributed by atoms with Crippen LogP contribution in [0.1, 0.15) is 36.7 Å². The van der Waals surface area contributed by atoms with Gasteiger partial charge in [-0.15, -0.1) is 0 Å². The zero-order valence-corrected chi connectivity index (χ0v) is 13.9. The Hall–Kier alpha value is -1.26. The molecule has 0 saturated carbocycles. The van der Waals surface area contributed by atoms with Gasteiger partial charge in [0.2, 0.25) is 0 Å². The minimum absolute atomic E-state index is 0.0545. The van der Waals surface area contributed by atoms with E-state index in [4.69, 9.17) is 23.2 Å². The van der Waals surface area contributed by atoms with Crippen molar-refractivity contribution in [1.82, 2.24) is 10.6 Å². The molecule has 1 aromatic carbocycles. The smallest absolute Gasteiger partial charge is 0.253 e. The Morgan fingerprint density at radius 2 is 1.57 bits per heavy atom. The predicted molar refractivity (Wildman–Crippen MR) is 86.0 cm³/mol. The monoisotopic (exact) mass is 330 g/mol. The number of alkyl halides is 2. The standard InChI is InChI=1S/C15H20Cl2N2O2/c1-15(2,3)11-6-4-10(5-7-11)13(20)18-8-9-19-14(21)12(16)17/h4-7,12H,8-9H2,1-3H3,(H,18,20)(H,19,21). The molecule has 21 heavy (non-hydrogen) atoms. The number of amides is 2. The second-order valence-corrected chi connectivity index (χ2v) is 6.77. The van der Waals surface area contributed by atoms with E-state index in [0.717, 1.165) is 0 Å². The molecule has 2 amide bonds. The first-order valence-electron chi connectivity index (χ1n) is 6.66. The summed E-state index contributed by atoms with van der Waals surface area (Å²) < 4.78 is 0. The lowest BCUT2D eigenvalue weighted by molar-refractivity contribution is -0.119. The van der Waals surface area contributed by atoms with E-state index in [9.17, 15) is 9.59 Å². The SMILES string of the molecule is CC(C)(C)c1ccc(C(=O)NCCNC(=O)C(Cl)Cl)cc1. The Balaban J connectivity index is 2.44. The first kappa shape index (κ1) is 17.8. The summed E-state index contributed by atoms with van der Waals surface area (Å²) in [6.45, 7) is 6.94. The van der Waals surface area contributed by atoms with Crippen LogP contribution in [0.3, 0.4) is 0 Å². The van der Waals surface area contributed by atoms with Crippen molar-refractivity contribution in [2.24, 2.45) is 0 Å². The van der Waals surface area contributed by atoms with Crippen LogP contribution >= 0.6 is 23.2 Å². The van der Waals surface area contributed by atoms with Gasteiger partial charge in [0.1, 0.15) is 0 Å². The van der Waals surface area contributed by atoms with Gasteiger partial charge in [-0.1, -0.05) is 56.1 Å². The first-order valence-corrected chi connectivity index (χ1v) is 7.53. The molecule has 0 fully saturated rings. The predicted octanol–water partition coefficient (Wildman–Crippen LogP) is 2.63. The number of carbonyl (C=O) groups excluding carboxylic acids is 2. The summed E-state index contributed by atoms with van der Waals surface area (Å²) in [6, 6.07) is 7.48. The third kappa shape index (κ3) is 5.94. The topological polar surface area (TPSA) is 58.2 Å². The Morgan fingerprint density at radius 1 is 1.05 bits per heavy atom. The molecular weight excluding hydrogens is 311 g/mol. The summed E-state index contributed by atoms with van der Waals surface area (Å²) in [5.41, 5.74) is 1.81. The molecule has 0 radical (unpaired) electrons. The van der Waals surface area contributed by atoms with Gasteiger partial charge >= 0.3 is 0 Å². The van der Waals surface area contributed by atoms with E-state index in [1.807, 2.05) is 12.1 Å². The number of carbonyl (C=O) groups is 2. The minimum Gasteiger partial charge on any atom is -0.352 e. The first-order chi connectivity index (χ1) is 9.71. The van der Waals surface area contributed by atoms with E-state index in [1.165, 1.54) is 5.56 Å². The maximum absolute atomic E-state index is 11.9. The fourth-order valence-electron chi connectivity index (χ4n) is 1.66. The van der Waals surface area contributed by atoms with Gasteiger partial charge in [-0.3, -0.25) is 9.59 Å². The van der Waals surface area contributed by atoms with E-state index in [1.54, 1.807) is 12.1 Å². The zero-order valence-electron chi connectivity index (χ0n) is 12.4. The number of nitrogens with one attached hydrogen (secondary N) is 2. The molecule has 116 valence electrons. The van der Waals surface area contributed by atoms with Crippen LogP contribution in [0.15, 0.2) is 24.3 Å². The fraction of sp³-hybridized carbons (Fsp3) is 0.467. The third-order valence-corrected chi connectivity index (χ3v) is 3.32. The Kier molecular flexibility index (Phi) is 6.49. The highest BCUT2D eigenvalue weighted by Gasteiger charge is 2.14. The zero-order chi connectivity index (χ0) is 16.0. The lowest BCUT2D eigenvalue weighted by atomic mass is 9.87. The van der Waals surface area contributed by atoms with Crippen LogP contribution in [0.2, 0.25) is 0 Å². The van der Waals surface area contributed by atoms with Crippen molar-refractivity contribution in [3.05, 3.63) is 35.4 Å². The molecular formula is C15H20Cl2N2O2. The molecule has 1 aromatic rings. The third-order valence-electron chi connectivity index (χ3n) is 2.92. The fourth-order valence-corrected chi connectivity index (χ4v) is 1.82. The van der Waals surface area contributed by atoms with Crippen LogP contribution in [-0.4, -0.2) is 29.7 Å². The molecule has 0 aliphatic heterocycles. The largest absolute Gasteiger partial charge is 0.352 e. The molecule has 0 spiro atoms. The lowest BCUT2D eigenvalue weighted by Crippen LogP contribution is -2.36. The lowest BCUT2D eigenvalue weighted by Gasteiger charge is -2.19. The summed E-state index contributed by atoms with van der Waals surface area (Å²) in [6.07, 6.45) is 0. The molecule has 1 rings (SSSR count). The van der Waals surface area contributed by atoms with E-state index in [0.29, 0.717) is 12.1 Å². The van der Waals surface area contributed by atoms with Gasteiger partial charge < -0.3 is 10.6 Å². The molecule has 0 aliphatic rings. The van der Waals surface area contributed by atoms with Gasteiger partial charge in [0.05, 0.1) is 0 Å². The van der Waals surface area contributed by atoms with E-state index >= 15 is 0 Å². The highest BCUT2D eigenvalue weighted by Crippen LogP contribution is 2.22. The van der Waals surface area contributed by atoms with Crippen molar-refractivity contribution in [2.75, 3.05) is 13.1 Å². The number of rotatable bonds is 5. The van der Waals surface area contributed by atoms with Crippen molar-refractivity contribution in [3.63, 3.8) is 0 Å². The molecule has 0 saturated heterocycles. The molecule has 0 atom stereocenters. The molecule has 2 N–H and O–H groups in total. The van der Waals surface area contributed by atoms with Crippen LogP contribution < -0.4 is 10.6 Å². The second kappa shape index (κ2) is 7.66. The van der Waals surface area contributed by atoms with Crippen molar-refractivity contribution in [1.29, 1.82) is 0 Å². The van der Waals surface area contributed by atoms with Crippen LogP contribution in [0.4, 0.5) is 0 Å². The van der Waals surface area contributed by atoms with Gasteiger partial charge in [0, 0.05) is 18.7 Å². The molecule has 4 nitrogen and oxygen atoms in total. The molecule has 0 unspecified atom stereocenters. The summed E-state index contributed by atoms with van der Waals surface area (Å²) in [4.78, 5) is 21.9. The van der Waals surface area contributed by atoms with E-state index in [2.05, 4.69) is 31.4 Å². The average molecular weight is 331 g/mol. The second-order valence-electron chi connectivity index (χ2n) is 5.67. The Morgan fingerprint density at radius 3 is 2.05 bits per heavy atom. The maximum Gasteiger partial charge on any atom is 0.253 e. The number of benzene rings is 1. The van der Waals surface area contributed by atoms with Crippen LogP contribution in [-0.2, 0) is 10.2 Å². The normalized spacial score (nSPS) is 11.3. The summed E-state index contributed by atoms with van der Waals surface area (Å²) in [5, 5.41) is 5.21.